The Labute approximate surface area is 115 Å². The molecule has 0 radical (unpaired) electrons. The first-order valence-corrected chi connectivity index (χ1v) is 6.71. The topological polar surface area (TPSA) is 61.9 Å². The zero-order valence-electron chi connectivity index (χ0n) is 12.5. The minimum absolute atomic E-state index is 0.0155. The highest BCUT2D eigenvalue weighted by Crippen LogP contribution is 2.14. The molecule has 110 valence electrons. The summed E-state index contributed by atoms with van der Waals surface area (Å²) >= 11 is 0. The summed E-state index contributed by atoms with van der Waals surface area (Å²) in [6.07, 6.45) is 0. The van der Waals surface area contributed by atoms with Gasteiger partial charge >= 0.3 is 12.0 Å². The molecule has 1 N–H and O–H groups in total. The SMILES string of the molecule is COC(=O)C(C(C)C)N(C)C(=O)N1CCN[C@H](C)C1. The quantitative estimate of drug-likeness (QED) is 0.761. The minimum atomic E-state index is -0.539. The first kappa shape index (κ1) is 15.8. The smallest absolute Gasteiger partial charge is 0.328 e. The molecule has 6 nitrogen and oxygen atoms in total. The second-order valence-corrected chi connectivity index (χ2v) is 5.41. The highest BCUT2D eigenvalue weighted by Gasteiger charge is 2.33. The third kappa shape index (κ3) is 3.83. The lowest BCUT2D eigenvalue weighted by Gasteiger charge is -2.37. The third-order valence-electron chi connectivity index (χ3n) is 3.43. The summed E-state index contributed by atoms with van der Waals surface area (Å²) < 4.78 is 4.79. The highest BCUT2D eigenvalue weighted by molar-refractivity contribution is 5.83. The number of piperazine rings is 1. The average Bonchev–Trinajstić information content (AvgIpc) is 2.37. The molecule has 6 heteroatoms. The second-order valence-electron chi connectivity index (χ2n) is 5.41. The predicted octanol–water partition coefficient (Wildman–Crippen LogP) is 0.530. The Morgan fingerprint density at radius 2 is 2.05 bits per heavy atom. The van der Waals surface area contributed by atoms with Crippen LogP contribution in [0.25, 0.3) is 0 Å². The summed E-state index contributed by atoms with van der Waals surface area (Å²) in [7, 11) is 3.01. The van der Waals surface area contributed by atoms with Crippen LogP contribution in [-0.4, -0.2) is 67.7 Å². The summed E-state index contributed by atoms with van der Waals surface area (Å²) in [5.74, 6) is -0.351. The number of carbonyl (C=O) groups is 2. The van der Waals surface area contributed by atoms with E-state index in [-0.39, 0.29) is 24.0 Å². The van der Waals surface area contributed by atoms with E-state index in [4.69, 9.17) is 4.74 Å². The maximum atomic E-state index is 12.4. The maximum Gasteiger partial charge on any atom is 0.328 e. The van der Waals surface area contributed by atoms with Crippen LogP contribution in [0.1, 0.15) is 20.8 Å². The van der Waals surface area contributed by atoms with Crippen molar-refractivity contribution < 1.29 is 14.3 Å². The number of nitrogens with one attached hydrogen (secondary N) is 1. The molecule has 1 aliphatic heterocycles. The van der Waals surface area contributed by atoms with Gasteiger partial charge in [0.1, 0.15) is 6.04 Å². The molecule has 2 atom stereocenters. The molecule has 2 amide bonds. The summed E-state index contributed by atoms with van der Waals surface area (Å²) in [6, 6.07) is -0.373. The molecule has 1 rings (SSSR count). The zero-order chi connectivity index (χ0) is 14.6. The van der Waals surface area contributed by atoms with Crippen LogP contribution in [0.5, 0.6) is 0 Å². The molecule has 19 heavy (non-hydrogen) atoms. The molecule has 0 aromatic rings. The number of rotatable bonds is 3. The number of urea groups is 1. The molecule has 0 aromatic carbocycles. The van der Waals surface area contributed by atoms with Gasteiger partial charge in [-0.05, 0) is 12.8 Å². The Morgan fingerprint density at radius 3 is 2.53 bits per heavy atom. The van der Waals surface area contributed by atoms with Crippen molar-refractivity contribution >= 4 is 12.0 Å². The van der Waals surface area contributed by atoms with Crippen LogP contribution >= 0.6 is 0 Å². The molecule has 1 aliphatic rings. The van der Waals surface area contributed by atoms with Crippen LogP contribution in [0.2, 0.25) is 0 Å². The van der Waals surface area contributed by atoms with Crippen molar-refractivity contribution in [2.24, 2.45) is 5.92 Å². The number of carbonyl (C=O) groups excluding carboxylic acids is 2. The lowest BCUT2D eigenvalue weighted by atomic mass is 10.0. The van der Waals surface area contributed by atoms with Crippen molar-refractivity contribution in [3.63, 3.8) is 0 Å². The number of hydrogen-bond donors (Lipinski definition) is 1. The van der Waals surface area contributed by atoms with Crippen LogP contribution < -0.4 is 5.32 Å². The van der Waals surface area contributed by atoms with Gasteiger partial charge in [-0.3, -0.25) is 0 Å². The Balaban J connectivity index is 2.75. The Morgan fingerprint density at radius 1 is 1.42 bits per heavy atom. The van der Waals surface area contributed by atoms with E-state index in [1.165, 1.54) is 12.0 Å². The van der Waals surface area contributed by atoms with E-state index >= 15 is 0 Å². The highest BCUT2D eigenvalue weighted by atomic mass is 16.5. The van der Waals surface area contributed by atoms with Crippen molar-refractivity contribution in [3.05, 3.63) is 0 Å². The van der Waals surface area contributed by atoms with Crippen LogP contribution in [0, 0.1) is 5.92 Å². The van der Waals surface area contributed by atoms with Crippen LogP contribution in [0.4, 0.5) is 4.79 Å². The van der Waals surface area contributed by atoms with Gasteiger partial charge in [-0.25, -0.2) is 9.59 Å². The molecule has 1 unspecified atom stereocenters. The first-order chi connectivity index (χ1) is 8.88. The molecule has 0 aliphatic carbocycles. The number of methoxy groups -OCH3 is 1. The number of esters is 1. The average molecular weight is 271 g/mol. The van der Waals surface area contributed by atoms with E-state index in [0.29, 0.717) is 13.1 Å². The second kappa shape index (κ2) is 6.75. The Hall–Kier alpha value is -1.30. The van der Waals surface area contributed by atoms with Crippen LogP contribution in [0.3, 0.4) is 0 Å². The number of hydrogen-bond acceptors (Lipinski definition) is 4. The third-order valence-corrected chi connectivity index (χ3v) is 3.43. The normalized spacial score (nSPS) is 21.2. The summed E-state index contributed by atoms with van der Waals surface area (Å²) in [5.41, 5.74) is 0. The lowest BCUT2D eigenvalue weighted by molar-refractivity contribution is -0.147. The number of likely N-dealkylation sites (N-methyl/N-ethyl adjacent to an activating group) is 1. The van der Waals surface area contributed by atoms with Gasteiger partial charge in [0.2, 0.25) is 0 Å². The van der Waals surface area contributed by atoms with Gasteiger partial charge < -0.3 is 19.9 Å². The van der Waals surface area contributed by atoms with Gasteiger partial charge in [-0.1, -0.05) is 13.8 Å². The molecular formula is C13H25N3O3. The van der Waals surface area contributed by atoms with Crippen molar-refractivity contribution in [1.29, 1.82) is 0 Å². The maximum absolute atomic E-state index is 12.4. The Kier molecular flexibility index (Phi) is 5.60. The molecule has 1 fully saturated rings. The number of amides is 2. The minimum Gasteiger partial charge on any atom is -0.467 e. The van der Waals surface area contributed by atoms with Gasteiger partial charge in [0.05, 0.1) is 7.11 Å². The summed E-state index contributed by atoms with van der Waals surface area (Å²) in [5, 5.41) is 3.29. The fourth-order valence-electron chi connectivity index (χ4n) is 2.45. The van der Waals surface area contributed by atoms with Crippen molar-refractivity contribution in [2.75, 3.05) is 33.8 Å². The first-order valence-electron chi connectivity index (χ1n) is 6.71. The molecule has 0 saturated carbocycles. The van der Waals surface area contributed by atoms with Crippen molar-refractivity contribution in [2.45, 2.75) is 32.9 Å². The van der Waals surface area contributed by atoms with E-state index in [1.807, 2.05) is 20.8 Å². The standard InChI is InChI=1S/C13H25N3O3/c1-9(2)11(12(17)19-5)15(4)13(18)16-7-6-14-10(3)8-16/h9-11,14H,6-8H2,1-5H3/t10-,11?/m1/s1. The van der Waals surface area contributed by atoms with Gasteiger partial charge in [0.15, 0.2) is 0 Å². The van der Waals surface area contributed by atoms with Crippen molar-refractivity contribution in [3.8, 4) is 0 Å². The van der Waals surface area contributed by atoms with Crippen LogP contribution in [0.15, 0.2) is 0 Å². The Bertz CT molecular complexity index is 333. The lowest BCUT2D eigenvalue weighted by Crippen LogP contribution is -2.57. The molecule has 0 bridgehead atoms. The monoisotopic (exact) mass is 271 g/mol. The molecular weight excluding hydrogens is 246 g/mol. The fraction of sp³-hybridized carbons (Fsp3) is 0.846. The van der Waals surface area contributed by atoms with Gasteiger partial charge in [-0.2, -0.15) is 0 Å². The zero-order valence-corrected chi connectivity index (χ0v) is 12.5. The molecule has 1 heterocycles. The summed E-state index contributed by atoms with van der Waals surface area (Å²) in [4.78, 5) is 27.5. The van der Waals surface area contributed by atoms with E-state index in [2.05, 4.69) is 5.32 Å². The van der Waals surface area contributed by atoms with E-state index in [9.17, 15) is 9.59 Å². The van der Waals surface area contributed by atoms with E-state index < -0.39 is 6.04 Å². The van der Waals surface area contributed by atoms with Gasteiger partial charge in [-0.15, -0.1) is 0 Å². The summed E-state index contributed by atoms with van der Waals surface area (Å²) in [6.45, 7) is 7.97. The van der Waals surface area contributed by atoms with Gasteiger partial charge in [0.25, 0.3) is 0 Å². The largest absolute Gasteiger partial charge is 0.467 e. The number of nitrogens with zero attached hydrogens (tertiary/aromatic N) is 2. The fourth-order valence-corrected chi connectivity index (χ4v) is 2.45. The molecule has 0 aromatic heterocycles. The van der Waals surface area contributed by atoms with E-state index in [0.717, 1.165) is 6.54 Å². The molecule has 1 saturated heterocycles. The number of ether oxygens (including phenoxy) is 1. The molecule has 0 spiro atoms. The van der Waals surface area contributed by atoms with Crippen LogP contribution in [-0.2, 0) is 9.53 Å². The van der Waals surface area contributed by atoms with E-state index in [1.54, 1.807) is 11.9 Å². The van der Waals surface area contributed by atoms with Gasteiger partial charge in [0, 0.05) is 32.7 Å². The predicted molar refractivity (Wildman–Crippen MR) is 72.8 cm³/mol. The van der Waals surface area contributed by atoms with Crippen molar-refractivity contribution in [1.82, 2.24) is 15.1 Å².